The summed E-state index contributed by atoms with van der Waals surface area (Å²) in [4.78, 5) is 2.48. The first kappa shape index (κ1) is 13.4. The van der Waals surface area contributed by atoms with Crippen LogP contribution in [-0.4, -0.2) is 32.8 Å². The lowest BCUT2D eigenvalue weighted by molar-refractivity contribution is 0.199. The molecule has 0 atom stereocenters. The Morgan fingerprint density at radius 3 is 2.80 bits per heavy atom. The third-order valence-corrected chi connectivity index (χ3v) is 4.10. The summed E-state index contributed by atoms with van der Waals surface area (Å²) < 4.78 is 7.33. The third-order valence-electron chi connectivity index (χ3n) is 4.10. The molecular weight excluding hydrogens is 252 g/mol. The van der Waals surface area contributed by atoms with Crippen molar-refractivity contribution in [3.63, 3.8) is 0 Å². The van der Waals surface area contributed by atoms with E-state index in [0.29, 0.717) is 12.0 Å². The van der Waals surface area contributed by atoms with Gasteiger partial charge in [0.2, 0.25) is 0 Å². The highest BCUT2D eigenvalue weighted by molar-refractivity contribution is 5.06. The normalized spacial score (nSPS) is 17.9. The molecule has 2 aromatic rings. The van der Waals surface area contributed by atoms with Crippen molar-refractivity contribution in [2.24, 2.45) is 0 Å². The lowest BCUT2D eigenvalue weighted by atomic mass is 9.95. The van der Waals surface area contributed by atoms with E-state index in [0.717, 1.165) is 38.3 Å². The van der Waals surface area contributed by atoms with Gasteiger partial charge in [-0.25, -0.2) is 0 Å². The first-order valence-electron chi connectivity index (χ1n) is 7.37. The minimum absolute atomic E-state index is 0.434. The highest BCUT2D eigenvalue weighted by Crippen LogP contribution is 2.28. The highest BCUT2D eigenvalue weighted by atomic mass is 16.3. The van der Waals surface area contributed by atoms with Crippen LogP contribution in [0, 0.1) is 0 Å². The first-order valence-corrected chi connectivity index (χ1v) is 7.37. The molecule has 1 aliphatic rings. The lowest BCUT2D eigenvalue weighted by Gasteiger charge is -2.31. The molecule has 108 valence electrons. The van der Waals surface area contributed by atoms with E-state index in [9.17, 15) is 0 Å². The summed E-state index contributed by atoms with van der Waals surface area (Å²) >= 11 is 0. The van der Waals surface area contributed by atoms with Gasteiger partial charge in [0, 0.05) is 24.1 Å². The van der Waals surface area contributed by atoms with Gasteiger partial charge in [0.15, 0.2) is 0 Å². The monoisotopic (exact) mass is 274 g/mol. The fourth-order valence-electron chi connectivity index (χ4n) is 2.93. The van der Waals surface area contributed by atoms with Crippen LogP contribution in [0.15, 0.2) is 29.3 Å². The van der Waals surface area contributed by atoms with Crippen LogP contribution < -0.4 is 0 Å². The van der Waals surface area contributed by atoms with E-state index in [2.05, 4.69) is 33.5 Å². The molecule has 2 aromatic heterocycles. The number of likely N-dealkylation sites (tertiary alicyclic amines) is 1. The molecule has 0 saturated carbocycles. The summed E-state index contributed by atoms with van der Waals surface area (Å²) in [5.74, 6) is 1.70. The van der Waals surface area contributed by atoms with Gasteiger partial charge in [-0.1, -0.05) is 0 Å². The maximum atomic E-state index is 5.13. The van der Waals surface area contributed by atoms with Gasteiger partial charge < -0.3 is 8.98 Å². The Bertz CT molecular complexity index is 524. The molecule has 3 rings (SSSR count). The SMILES string of the molecule is CC(C)n1cnnc1C1CCN(Cc2ccoc2)CC1. The van der Waals surface area contributed by atoms with Gasteiger partial charge in [0.05, 0.1) is 12.5 Å². The summed E-state index contributed by atoms with van der Waals surface area (Å²) in [5, 5.41) is 8.43. The van der Waals surface area contributed by atoms with Crippen molar-refractivity contribution in [2.75, 3.05) is 13.1 Å². The van der Waals surface area contributed by atoms with E-state index in [1.54, 1.807) is 6.26 Å². The van der Waals surface area contributed by atoms with Crippen molar-refractivity contribution >= 4 is 0 Å². The van der Waals surface area contributed by atoms with Gasteiger partial charge in [-0.05, 0) is 45.8 Å². The Hall–Kier alpha value is -1.62. The number of hydrogen-bond donors (Lipinski definition) is 0. The van der Waals surface area contributed by atoms with Crippen LogP contribution >= 0.6 is 0 Å². The third kappa shape index (κ3) is 2.77. The second-order valence-corrected chi connectivity index (χ2v) is 5.87. The van der Waals surface area contributed by atoms with E-state index in [-0.39, 0.29) is 0 Å². The average Bonchev–Trinajstić information content (AvgIpc) is 3.10. The van der Waals surface area contributed by atoms with Crippen LogP contribution in [0.25, 0.3) is 0 Å². The maximum absolute atomic E-state index is 5.13. The average molecular weight is 274 g/mol. The quantitative estimate of drug-likeness (QED) is 0.860. The molecule has 0 spiro atoms. The van der Waals surface area contributed by atoms with Gasteiger partial charge in [-0.3, -0.25) is 4.90 Å². The molecule has 1 aliphatic heterocycles. The van der Waals surface area contributed by atoms with E-state index in [1.807, 2.05) is 18.7 Å². The standard InChI is InChI=1S/C15H22N4O/c1-12(2)19-11-16-17-15(19)14-3-6-18(7-4-14)9-13-5-8-20-10-13/h5,8,10-12,14H,3-4,6-7,9H2,1-2H3. The summed E-state index contributed by atoms with van der Waals surface area (Å²) in [7, 11) is 0. The summed E-state index contributed by atoms with van der Waals surface area (Å²) in [6.45, 7) is 7.57. The summed E-state index contributed by atoms with van der Waals surface area (Å²) in [5.41, 5.74) is 1.26. The predicted molar refractivity (Wildman–Crippen MR) is 76.4 cm³/mol. The van der Waals surface area contributed by atoms with Gasteiger partial charge in [0.25, 0.3) is 0 Å². The minimum atomic E-state index is 0.434. The minimum Gasteiger partial charge on any atom is -0.472 e. The Kier molecular flexibility index (Phi) is 3.87. The van der Waals surface area contributed by atoms with Crippen molar-refractivity contribution in [1.29, 1.82) is 0 Å². The molecule has 5 heteroatoms. The van der Waals surface area contributed by atoms with Crippen molar-refractivity contribution in [3.05, 3.63) is 36.3 Å². The van der Waals surface area contributed by atoms with Crippen LogP contribution in [0.5, 0.6) is 0 Å². The summed E-state index contributed by atoms with van der Waals surface area (Å²) in [6, 6.07) is 2.48. The Morgan fingerprint density at radius 2 is 2.15 bits per heavy atom. The smallest absolute Gasteiger partial charge is 0.136 e. The van der Waals surface area contributed by atoms with Gasteiger partial charge in [-0.15, -0.1) is 10.2 Å². The van der Waals surface area contributed by atoms with E-state index in [1.165, 1.54) is 5.56 Å². The molecular formula is C15H22N4O. The van der Waals surface area contributed by atoms with Gasteiger partial charge >= 0.3 is 0 Å². The van der Waals surface area contributed by atoms with Gasteiger partial charge in [-0.2, -0.15) is 0 Å². The van der Waals surface area contributed by atoms with Crippen LogP contribution in [0.1, 0.15) is 50.0 Å². The van der Waals surface area contributed by atoms with Crippen LogP contribution in [0.2, 0.25) is 0 Å². The van der Waals surface area contributed by atoms with Crippen molar-refractivity contribution in [1.82, 2.24) is 19.7 Å². The Morgan fingerprint density at radius 1 is 1.35 bits per heavy atom. The molecule has 3 heterocycles. The number of furan rings is 1. The molecule has 0 N–H and O–H groups in total. The second kappa shape index (κ2) is 5.79. The van der Waals surface area contributed by atoms with Crippen LogP contribution in [-0.2, 0) is 6.54 Å². The topological polar surface area (TPSA) is 47.1 Å². The molecule has 1 saturated heterocycles. The number of piperidine rings is 1. The molecule has 0 radical (unpaired) electrons. The number of hydrogen-bond acceptors (Lipinski definition) is 4. The van der Waals surface area contributed by atoms with Crippen molar-refractivity contribution in [3.8, 4) is 0 Å². The van der Waals surface area contributed by atoms with E-state index < -0.39 is 0 Å². The van der Waals surface area contributed by atoms with Crippen LogP contribution in [0.3, 0.4) is 0 Å². The van der Waals surface area contributed by atoms with Gasteiger partial charge in [0.1, 0.15) is 12.2 Å². The number of rotatable bonds is 4. The predicted octanol–water partition coefficient (Wildman–Crippen LogP) is 2.83. The molecule has 1 fully saturated rings. The molecule has 0 bridgehead atoms. The number of nitrogens with zero attached hydrogens (tertiary/aromatic N) is 4. The molecule has 20 heavy (non-hydrogen) atoms. The molecule has 0 aromatic carbocycles. The molecule has 0 unspecified atom stereocenters. The second-order valence-electron chi connectivity index (χ2n) is 5.87. The van der Waals surface area contributed by atoms with E-state index in [4.69, 9.17) is 4.42 Å². The zero-order valence-electron chi connectivity index (χ0n) is 12.2. The first-order chi connectivity index (χ1) is 9.74. The van der Waals surface area contributed by atoms with Crippen molar-refractivity contribution in [2.45, 2.75) is 45.2 Å². The Balaban J connectivity index is 1.59. The fourth-order valence-corrected chi connectivity index (χ4v) is 2.93. The largest absolute Gasteiger partial charge is 0.472 e. The maximum Gasteiger partial charge on any atom is 0.136 e. The van der Waals surface area contributed by atoms with Crippen molar-refractivity contribution < 1.29 is 4.42 Å². The van der Waals surface area contributed by atoms with Crippen LogP contribution in [0.4, 0.5) is 0 Å². The summed E-state index contributed by atoms with van der Waals surface area (Å²) in [6.07, 6.45) is 7.75. The Labute approximate surface area is 119 Å². The molecule has 5 nitrogen and oxygen atoms in total. The highest BCUT2D eigenvalue weighted by Gasteiger charge is 2.25. The zero-order chi connectivity index (χ0) is 13.9. The lowest BCUT2D eigenvalue weighted by Crippen LogP contribution is -2.33. The molecule has 0 amide bonds. The molecule has 0 aliphatic carbocycles. The fraction of sp³-hybridized carbons (Fsp3) is 0.600. The zero-order valence-corrected chi connectivity index (χ0v) is 12.2. The number of aromatic nitrogens is 3. The van der Waals surface area contributed by atoms with E-state index >= 15 is 0 Å².